The molecule has 0 unspecified atom stereocenters. The van der Waals surface area contributed by atoms with Gasteiger partial charge in [0, 0.05) is 18.6 Å². The normalized spacial score (nSPS) is 13.2. The fraction of sp³-hybridized carbons (Fsp3) is 0.818. The van der Waals surface area contributed by atoms with Crippen LogP contribution in [0.1, 0.15) is 27.2 Å². The van der Waals surface area contributed by atoms with Crippen LogP contribution in [0.15, 0.2) is 0 Å². The molecule has 17 heavy (non-hydrogen) atoms. The van der Waals surface area contributed by atoms with E-state index in [-0.39, 0.29) is 19.6 Å². The Bertz CT molecular complexity index is 265. The molecule has 0 aromatic rings. The van der Waals surface area contributed by atoms with Crippen LogP contribution in [0.4, 0.5) is 0 Å². The Labute approximate surface area is 101 Å². The quantitative estimate of drug-likeness (QED) is 0.561. The van der Waals surface area contributed by atoms with Gasteiger partial charge in [0.1, 0.15) is 6.10 Å². The molecule has 0 aliphatic rings. The lowest BCUT2D eigenvalue weighted by Crippen LogP contribution is -2.47. The number of aliphatic hydroxyl groups excluding tert-OH is 1. The molecule has 0 fully saturated rings. The van der Waals surface area contributed by atoms with Gasteiger partial charge in [0.25, 0.3) is 0 Å². The number of hydrogen-bond donors (Lipinski definition) is 3. The summed E-state index contributed by atoms with van der Waals surface area (Å²) in [6.45, 7) is 5.39. The van der Waals surface area contributed by atoms with Gasteiger partial charge >= 0.3 is 5.97 Å². The molecule has 0 radical (unpaired) electrons. The van der Waals surface area contributed by atoms with E-state index in [4.69, 9.17) is 9.84 Å². The Morgan fingerprint density at radius 2 is 2.00 bits per heavy atom. The summed E-state index contributed by atoms with van der Waals surface area (Å²) in [5.41, 5.74) is -0.705. The minimum absolute atomic E-state index is 0.0548. The molecule has 0 aliphatic carbocycles. The number of amides is 1. The number of rotatable bonds is 8. The number of aliphatic hydroxyl groups is 1. The lowest BCUT2D eigenvalue weighted by molar-refractivity contribution is -0.143. The van der Waals surface area contributed by atoms with Crippen molar-refractivity contribution in [2.75, 3.05) is 19.8 Å². The number of ether oxygens (including phenoxy) is 1. The highest BCUT2D eigenvalue weighted by atomic mass is 16.5. The Kier molecular flexibility index (Phi) is 6.75. The van der Waals surface area contributed by atoms with Crippen LogP contribution in [0.5, 0.6) is 0 Å². The zero-order valence-electron chi connectivity index (χ0n) is 10.5. The second-order valence-electron chi connectivity index (χ2n) is 4.42. The Hall–Kier alpha value is -1.14. The number of aliphatic carboxylic acids is 1. The van der Waals surface area contributed by atoms with E-state index in [0.29, 0.717) is 6.61 Å². The fourth-order valence-electron chi connectivity index (χ4n) is 1.29. The first-order valence-corrected chi connectivity index (χ1v) is 5.57. The molecular formula is C11H21NO5. The standard InChI is InChI=1S/C11H21NO5/c1-4-17-9(11(2,3)7-13)10(16)12-6-5-8(14)15/h9,13H,4-7H2,1-3H3,(H,12,16)(H,14,15)/t9-/m0/s1. The third-order valence-electron chi connectivity index (χ3n) is 2.33. The minimum Gasteiger partial charge on any atom is -0.481 e. The summed E-state index contributed by atoms with van der Waals surface area (Å²) in [6, 6.07) is 0. The first-order chi connectivity index (χ1) is 7.85. The van der Waals surface area contributed by atoms with Crippen LogP contribution in [-0.2, 0) is 14.3 Å². The zero-order valence-corrected chi connectivity index (χ0v) is 10.5. The average Bonchev–Trinajstić information content (AvgIpc) is 2.24. The van der Waals surface area contributed by atoms with Crippen LogP contribution in [0.25, 0.3) is 0 Å². The van der Waals surface area contributed by atoms with Crippen molar-refractivity contribution in [3.05, 3.63) is 0 Å². The average molecular weight is 247 g/mol. The molecule has 1 atom stereocenters. The highest BCUT2D eigenvalue weighted by Gasteiger charge is 2.35. The number of carbonyl (C=O) groups excluding carboxylic acids is 1. The summed E-state index contributed by atoms with van der Waals surface area (Å²) in [6.07, 6.45) is -0.921. The van der Waals surface area contributed by atoms with Crippen LogP contribution in [0, 0.1) is 5.41 Å². The van der Waals surface area contributed by atoms with Crippen molar-refractivity contribution in [3.63, 3.8) is 0 Å². The van der Waals surface area contributed by atoms with Crippen molar-refractivity contribution in [2.24, 2.45) is 5.41 Å². The van der Waals surface area contributed by atoms with E-state index in [1.54, 1.807) is 20.8 Å². The van der Waals surface area contributed by atoms with Crippen LogP contribution in [0.3, 0.4) is 0 Å². The van der Waals surface area contributed by atoms with E-state index in [0.717, 1.165) is 0 Å². The molecule has 0 spiro atoms. The van der Waals surface area contributed by atoms with Gasteiger partial charge in [-0.15, -0.1) is 0 Å². The van der Waals surface area contributed by atoms with Gasteiger partial charge < -0.3 is 20.3 Å². The Morgan fingerprint density at radius 1 is 1.41 bits per heavy atom. The summed E-state index contributed by atoms with van der Waals surface area (Å²) in [5, 5.41) is 20.1. The maximum absolute atomic E-state index is 11.8. The molecule has 3 N–H and O–H groups in total. The molecule has 6 nitrogen and oxygen atoms in total. The molecular weight excluding hydrogens is 226 g/mol. The highest BCUT2D eigenvalue weighted by Crippen LogP contribution is 2.22. The number of carbonyl (C=O) groups is 2. The third kappa shape index (κ3) is 5.65. The molecule has 1 amide bonds. The van der Waals surface area contributed by atoms with Gasteiger partial charge in [0.15, 0.2) is 0 Å². The van der Waals surface area contributed by atoms with Gasteiger partial charge in [-0.3, -0.25) is 9.59 Å². The fourth-order valence-corrected chi connectivity index (χ4v) is 1.29. The monoisotopic (exact) mass is 247 g/mol. The van der Waals surface area contributed by atoms with E-state index in [9.17, 15) is 14.7 Å². The summed E-state index contributed by atoms with van der Waals surface area (Å²) in [5.74, 6) is -1.37. The van der Waals surface area contributed by atoms with Crippen LogP contribution in [0.2, 0.25) is 0 Å². The van der Waals surface area contributed by atoms with E-state index >= 15 is 0 Å². The predicted molar refractivity (Wildman–Crippen MR) is 61.5 cm³/mol. The SMILES string of the molecule is CCO[C@@H](C(=O)NCCC(=O)O)C(C)(C)CO. The first-order valence-electron chi connectivity index (χ1n) is 5.57. The smallest absolute Gasteiger partial charge is 0.305 e. The van der Waals surface area contributed by atoms with Gasteiger partial charge in [-0.05, 0) is 6.92 Å². The van der Waals surface area contributed by atoms with E-state index in [1.807, 2.05) is 0 Å². The molecule has 0 saturated heterocycles. The molecule has 0 aliphatic heterocycles. The Morgan fingerprint density at radius 3 is 2.41 bits per heavy atom. The topological polar surface area (TPSA) is 95.9 Å². The van der Waals surface area contributed by atoms with Gasteiger partial charge in [-0.1, -0.05) is 13.8 Å². The van der Waals surface area contributed by atoms with Crippen molar-refractivity contribution in [1.29, 1.82) is 0 Å². The second-order valence-corrected chi connectivity index (χ2v) is 4.42. The van der Waals surface area contributed by atoms with E-state index in [2.05, 4.69) is 5.32 Å². The first kappa shape index (κ1) is 15.9. The number of nitrogens with one attached hydrogen (secondary N) is 1. The van der Waals surface area contributed by atoms with Crippen molar-refractivity contribution in [1.82, 2.24) is 5.32 Å². The molecule has 0 saturated carbocycles. The van der Waals surface area contributed by atoms with Crippen molar-refractivity contribution < 1.29 is 24.5 Å². The second kappa shape index (κ2) is 7.24. The molecule has 0 rings (SSSR count). The molecule has 0 bridgehead atoms. The van der Waals surface area contributed by atoms with E-state index < -0.39 is 23.4 Å². The summed E-state index contributed by atoms with van der Waals surface area (Å²) < 4.78 is 5.30. The van der Waals surface area contributed by atoms with E-state index in [1.165, 1.54) is 0 Å². The molecule has 6 heteroatoms. The van der Waals surface area contributed by atoms with Crippen LogP contribution >= 0.6 is 0 Å². The van der Waals surface area contributed by atoms with Crippen LogP contribution < -0.4 is 5.32 Å². The van der Waals surface area contributed by atoms with Crippen molar-refractivity contribution >= 4 is 11.9 Å². The van der Waals surface area contributed by atoms with Gasteiger partial charge in [-0.25, -0.2) is 0 Å². The minimum atomic E-state index is -0.973. The third-order valence-corrected chi connectivity index (χ3v) is 2.33. The lowest BCUT2D eigenvalue weighted by Gasteiger charge is -2.31. The molecule has 0 heterocycles. The maximum Gasteiger partial charge on any atom is 0.305 e. The molecule has 0 aromatic carbocycles. The van der Waals surface area contributed by atoms with Crippen LogP contribution in [-0.4, -0.2) is 48.0 Å². The number of hydrogen-bond acceptors (Lipinski definition) is 4. The molecule has 0 aromatic heterocycles. The zero-order chi connectivity index (χ0) is 13.5. The highest BCUT2D eigenvalue weighted by molar-refractivity contribution is 5.82. The Balaban J connectivity index is 4.39. The number of carboxylic acids is 1. The van der Waals surface area contributed by atoms with Crippen molar-refractivity contribution in [2.45, 2.75) is 33.3 Å². The lowest BCUT2D eigenvalue weighted by atomic mass is 9.87. The predicted octanol–water partition coefficient (Wildman–Crippen LogP) is 0.000900. The summed E-state index contributed by atoms with van der Waals surface area (Å²) in [4.78, 5) is 22.1. The molecule has 100 valence electrons. The summed E-state index contributed by atoms with van der Waals surface area (Å²) in [7, 11) is 0. The van der Waals surface area contributed by atoms with Crippen molar-refractivity contribution in [3.8, 4) is 0 Å². The summed E-state index contributed by atoms with van der Waals surface area (Å²) >= 11 is 0. The van der Waals surface area contributed by atoms with Gasteiger partial charge in [0.05, 0.1) is 13.0 Å². The maximum atomic E-state index is 11.8. The van der Waals surface area contributed by atoms with Gasteiger partial charge in [0.2, 0.25) is 5.91 Å². The number of carboxylic acid groups (broad SMARTS) is 1. The van der Waals surface area contributed by atoms with Gasteiger partial charge in [-0.2, -0.15) is 0 Å². The largest absolute Gasteiger partial charge is 0.481 e.